The highest BCUT2D eigenvalue weighted by molar-refractivity contribution is 7.17. The van der Waals surface area contributed by atoms with Crippen molar-refractivity contribution in [2.45, 2.75) is 12.8 Å². The van der Waals surface area contributed by atoms with E-state index in [2.05, 4.69) is 15.0 Å². The number of anilines is 1. The molecule has 154 valence electrons. The van der Waals surface area contributed by atoms with Crippen LogP contribution in [0, 0.1) is 11.7 Å². The second-order valence-corrected chi connectivity index (χ2v) is 7.39. The van der Waals surface area contributed by atoms with Crippen LogP contribution in [0.1, 0.15) is 22.5 Å². The maximum atomic E-state index is 13.6. The van der Waals surface area contributed by atoms with Crippen molar-refractivity contribution >= 4 is 34.3 Å². The molecule has 0 saturated carbocycles. The van der Waals surface area contributed by atoms with Crippen LogP contribution in [0.4, 0.5) is 9.52 Å². The molecule has 1 amide bonds. The Kier molecular flexibility index (Phi) is 6.76. The van der Waals surface area contributed by atoms with Gasteiger partial charge in [-0.05, 0) is 25.0 Å². The minimum Gasteiger partial charge on any atom is -0.468 e. The van der Waals surface area contributed by atoms with E-state index in [1.807, 2.05) is 4.90 Å². The van der Waals surface area contributed by atoms with Crippen molar-refractivity contribution in [3.05, 3.63) is 41.2 Å². The van der Waals surface area contributed by atoms with Gasteiger partial charge in [-0.2, -0.15) is 0 Å². The second kappa shape index (κ2) is 9.46. The van der Waals surface area contributed by atoms with Gasteiger partial charge in [-0.25, -0.2) is 14.2 Å². The molecule has 1 aromatic carbocycles. The lowest BCUT2D eigenvalue weighted by molar-refractivity contribution is -0.141. The van der Waals surface area contributed by atoms with E-state index in [0.717, 1.165) is 11.3 Å². The predicted molar refractivity (Wildman–Crippen MR) is 103 cm³/mol. The number of hydrogen-bond acceptors (Lipinski definition) is 8. The predicted octanol–water partition coefficient (Wildman–Crippen LogP) is 2.01. The molecule has 29 heavy (non-hydrogen) atoms. The lowest BCUT2D eigenvalue weighted by Crippen LogP contribution is -2.42. The molecule has 1 aromatic heterocycles. The molecule has 2 aromatic rings. The number of aromatic nitrogens is 1. The van der Waals surface area contributed by atoms with E-state index in [4.69, 9.17) is 4.74 Å². The molecule has 8 nitrogen and oxygen atoms in total. The van der Waals surface area contributed by atoms with E-state index in [0.29, 0.717) is 31.1 Å². The molecular weight excluding hydrogens is 401 g/mol. The number of hydrogen-bond donors (Lipinski definition) is 1. The number of ether oxygens (including phenoxy) is 2. The summed E-state index contributed by atoms with van der Waals surface area (Å²) in [5.74, 6) is -2.28. The van der Waals surface area contributed by atoms with Crippen LogP contribution in [0.2, 0.25) is 0 Å². The lowest BCUT2D eigenvalue weighted by atomic mass is 9.96. The summed E-state index contributed by atoms with van der Waals surface area (Å²) >= 11 is 1.16. The second-order valence-electron chi connectivity index (χ2n) is 6.38. The van der Waals surface area contributed by atoms with Gasteiger partial charge in [-0.15, -0.1) is 0 Å². The maximum Gasteiger partial charge on any atom is 0.355 e. The number of rotatable bonds is 6. The normalized spacial score (nSPS) is 14.3. The van der Waals surface area contributed by atoms with E-state index in [1.54, 1.807) is 6.07 Å². The van der Waals surface area contributed by atoms with Crippen molar-refractivity contribution < 1.29 is 28.2 Å². The van der Waals surface area contributed by atoms with Gasteiger partial charge in [-0.1, -0.05) is 23.5 Å². The highest BCUT2D eigenvalue weighted by Gasteiger charge is 2.27. The molecule has 2 heterocycles. The van der Waals surface area contributed by atoms with Crippen LogP contribution in [-0.2, 0) is 14.3 Å². The standard InChI is InChI=1S/C19H20FN3O5S/c1-27-16(24)11-21-17(25)12-6-8-23(9-7-12)19-22-10-15(29-19)18(26)28-14-5-3-2-4-13(14)20/h2-5,10,12H,6-9,11H2,1H3,(H,21,25). The Morgan fingerprint density at radius 3 is 2.69 bits per heavy atom. The Morgan fingerprint density at radius 2 is 2.00 bits per heavy atom. The van der Waals surface area contributed by atoms with E-state index in [1.165, 1.54) is 31.5 Å². The Balaban J connectivity index is 1.52. The number of para-hydroxylation sites is 1. The number of piperidine rings is 1. The van der Waals surface area contributed by atoms with Gasteiger partial charge in [0.2, 0.25) is 5.91 Å². The molecule has 1 saturated heterocycles. The number of carbonyl (C=O) groups excluding carboxylic acids is 3. The first-order chi connectivity index (χ1) is 14.0. The van der Waals surface area contributed by atoms with E-state index in [-0.39, 0.29) is 29.0 Å². The third-order valence-corrected chi connectivity index (χ3v) is 5.54. The largest absolute Gasteiger partial charge is 0.468 e. The van der Waals surface area contributed by atoms with Crippen LogP contribution in [0.5, 0.6) is 5.75 Å². The summed E-state index contributed by atoms with van der Waals surface area (Å²) in [4.78, 5) is 42.0. The molecule has 1 aliphatic heterocycles. The Bertz CT molecular complexity index is 895. The van der Waals surface area contributed by atoms with Gasteiger partial charge in [0, 0.05) is 19.0 Å². The van der Waals surface area contributed by atoms with Crippen LogP contribution in [0.25, 0.3) is 0 Å². The first-order valence-electron chi connectivity index (χ1n) is 9.00. The SMILES string of the molecule is COC(=O)CNC(=O)C1CCN(c2ncc(C(=O)Oc3ccccc3F)s2)CC1. The fourth-order valence-corrected chi connectivity index (χ4v) is 3.74. The molecule has 1 fully saturated rings. The van der Waals surface area contributed by atoms with Gasteiger partial charge < -0.3 is 19.7 Å². The van der Waals surface area contributed by atoms with Crippen LogP contribution < -0.4 is 15.0 Å². The van der Waals surface area contributed by atoms with Crippen LogP contribution >= 0.6 is 11.3 Å². The fraction of sp³-hybridized carbons (Fsp3) is 0.368. The summed E-state index contributed by atoms with van der Waals surface area (Å²) in [5.41, 5.74) is 0. The number of methoxy groups -OCH3 is 1. The van der Waals surface area contributed by atoms with E-state index >= 15 is 0 Å². The van der Waals surface area contributed by atoms with Gasteiger partial charge in [0.05, 0.1) is 13.3 Å². The third kappa shape index (κ3) is 5.29. The van der Waals surface area contributed by atoms with E-state index in [9.17, 15) is 18.8 Å². The molecule has 0 radical (unpaired) electrons. The first kappa shape index (κ1) is 20.7. The molecule has 0 unspecified atom stereocenters. The average Bonchev–Trinajstić information content (AvgIpc) is 3.24. The van der Waals surface area contributed by atoms with Crippen molar-refractivity contribution in [3.8, 4) is 5.75 Å². The highest BCUT2D eigenvalue weighted by atomic mass is 32.1. The number of thiazole rings is 1. The summed E-state index contributed by atoms with van der Waals surface area (Å²) in [6, 6.07) is 5.68. The van der Waals surface area contributed by atoms with E-state index < -0.39 is 17.8 Å². The van der Waals surface area contributed by atoms with Crippen molar-refractivity contribution in [2.75, 3.05) is 31.6 Å². The van der Waals surface area contributed by atoms with Crippen molar-refractivity contribution in [1.82, 2.24) is 10.3 Å². The number of esters is 2. The number of carbonyl (C=O) groups is 3. The molecule has 0 bridgehead atoms. The molecule has 0 aliphatic carbocycles. The topological polar surface area (TPSA) is 97.8 Å². The quantitative estimate of drug-likeness (QED) is 0.563. The molecule has 10 heteroatoms. The molecule has 1 N–H and O–H groups in total. The number of nitrogens with zero attached hydrogens (tertiary/aromatic N) is 2. The van der Waals surface area contributed by atoms with Gasteiger partial charge in [0.25, 0.3) is 0 Å². The molecule has 0 spiro atoms. The third-order valence-electron chi connectivity index (χ3n) is 4.50. The lowest BCUT2D eigenvalue weighted by Gasteiger charge is -2.30. The average molecular weight is 421 g/mol. The summed E-state index contributed by atoms with van der Waals surface area (Å²) in [7, 11) is 1.27. The van der Waals surface area contributed by atoms with Gasteiger partial charge in [0.1, 0.15) is 11.4 Å². The van der Waals surface area contributed by atoms with Crippen LogP contribution in [0.15, 0.2) is 30.5 Å². The molecule has 3 rings (SSSR count). The minimum atomic E-state index is -0.670. The number of benzene rings is 1. The summed E-state index contributed by atoms with van der Waals surface area (Å²) < 4.78 is 23.2. The Morgan fingerprint density at radius 1 is 1.28 bits per heavy atom. The smallest absolute Gasteiger partial charge is 0.355 e. The zero-order valence-electron chi connectivity index (χ0n) is 15.7. The molecular formula is C19H20FN3O5S. The van der Waals surface area contributed by atoms with Crippen LogP contribution in [0.3, 0.4) is 0 Å². The summed E-state index contributed by atoms with van der Waals surface area (Å²) in [6.07, 6.45) is 2.60. The summed E-state index contributed by atoms with van der Waals surface area (Å²) in [5, 5.41) is 3.21. The first-order valence-corrected chi connectivity index (χ1v) is 9.81. The zero-order valence-corrected chi connectivity index (χ0v) is 16.5. The Labute approximate surface area is 170 Å². The van der Waals surface area contributed by atoms with Crippen molar-refractivity contribution in [3.63, 3.8) is 0 Å². The number of nitrogens with one attached hydrogen (secondary N) is 1. The fourth-order valence-electron chi connectivity index (χ4n) is 2.89. The summed E-state index contributed by atoms with van der Waals surface area (Å²) in [6.45, 7) is 1.03. The van der Waals surface area contributed by atoms with Gasteiger partial charge >= 0.3 is 11.9 Å². The molecule has 0 atom stereocenters. The van der Waals surface area contributed by atoms with Gasteiger partial charge in [-0.3, -0.25) is 9.59 Å². The van der Waals surface area contributed by atoms with Gasteiger partial charge in [0.15, 0.2) is 16.7 Å². The van der Waals surface area contributed by atoms with Crippen molar-refractivity contribution in [1.29, 1.82) is 0 Å². The number of amides is 1. The van der Waals surface area contributed by atoms with Crippen molar-refractivity contribution in [2.24, 2.45) is 5.92 Å². The molecule has 1 aliphatic rings. The van der Waals surface area contributed by atoms with Crippen LogP contribution in [-0.4, -0.2) is 49.6 Å². The zero-order chi connectivity index (χ0) is 20.8. The highest BCUT2D eigenvalue weighted by Crippen LogP contribution is 2.28. The minimum absolute atomic E-state index is 0.133. The Hall–Kier alpha value is -3.01. The monoisotopic (exact) mass is 421 g/mol. The maximum absolute atomic E-state index is 13.6. The number of halogens is 1.